The van der Waals surface area contributed by atoms with Gasteiger partial charge in [-0.1, -0.05) is 30.3 Å². The number of H-pyrrole nitrogens is 1. The maximum Gasteiger partial charge on any atom is 0.195 e. The number of aromatic nitrogens is 3. The lowest BCUT2D eigenvalue weighted by molar-refractivity contribution is 0.190. The number of nitrogens with one attached hydrogen (secondary N) is 1. The lowest BCUT2D eigenvalue weighted by atomic mass is 10.1. The van der Waals surface area contributed by atoms with Crippen molar-refractivity contribution < 1.29 is 4.74 Å². The molecule has 0 aliphatic carbocycles. The highest BCUT2D eigenvalue weighted by atomic mass is 32.1. The van der Waals surface area contributed by atoms with E-state index in [1.165, 1.54) is 5.56 Å². The van der Waals surface area contributed by atoms with E-state index in [0.29, 0.717) is 4.77 Å². The van der Waals surface area contributed by atoms with Crippen molar-refractivity contribution in [3.63, 3.8) is 0 Å². The van der Waals surface area contributed by atoms with Crippen LogP contribution in [0.4, 0.5) is 0 Å². The van der Waals surface area contributed by atoms with Crippen LogP contribution in [0.15, 0.2) is 30.3 Å². The third-order valence-electron chi connectivity index (χ3n) is 2.77. The fraction of sp³-hybridized carbons (Fsp3) is 0.385. The molecule has 0 saturated heterocycles. The van der Waals surface area contributed by atoms with E-state index in [-0.39, 0.29) is 0 Å². The summed E-state index contributed by atoms with van der Waals surface area (Å²) in [5.41, 5.74) is 1.24. The number of hydrogen-bond donors (Lipinski definition) is 1. The van der Waals surface area contributed by atoms with Crippen molar-refractivity contribution in [2.24, 2.45) is 0 Å². The van der Waals surface area contributed by atoms with E-state index in [0.717, 1.165) is 31.8 Å². The molecule has 0 fully saturated rings. The fourth-order valence-electron chi connectivity index (χ4n) is 1.86. The molecule has 0 aliphatic rings. The zero-order chi connectivity index (χ0) is 12.8. The Morgan fingerprint density at radius 1 is 1.33 bits per heavy atom. The maximum absolute atomic E-state index is 5.24. The van der Waals surface area contributed by atoms with Crippen molar-refractivity contribution in [3.8, 4) is 0 Å². The van der Waals surface area contributed by atoms with Gasteiger partial charge in [0.15, 0.2) is 4.77 Å². The van der Waals surface area contributed by atoms with Gasteiger partial charge in [0.05, 0.1) is 0 Å². The van der Waals surface area contributed by atoms with Crippen molar-refractivity contribution >= 4 is 12.2 Å². The molecule has 1 N–H and O–H groups in total. The van der Waals surface area contributed by atoms with Crippen LogP contribution in [0, 0.1) is 4.77 Å². The molecule has 0 atom stereocenters. The largest absolute Gasteiger partial charge is 0.385 e. The highest BCUT2D eigenvalue weighted by Crippen LogP contribution is 2.08. The van der Waals surface area contributed by atoms with E-state index < -0.39 is 0 Å². The van der Waals surface area contributed by atoms with Crippen LogP contribution in [0.25, 0.3) is 0 Å². The van der Waals surface area contributed by atoms with Gasteiger partial charge >= 0.3 is 0 Å². The number of nitrogens with zero attached hydrogens (tertiary/aromatic N) is 2. The van der Waals surface area contributed by atoms with E-state index in [1.54, 1.807) is 7.11 Å². The maximum atomic E-state index is 5.24. The quantitative estimate of drug-likeness (QED) is 0.643. The minimum atomic E-state index is 0.678. The van der Waals surface area contributed by atoms with Gasteiger partial charge in [-0.15, -0.1) is 0 Å². The van der Waals surface area contributed by atoms with Gasteiger partial charge in [-0.05, 0) is 24.2 Å². The first-order chi connectivity index (χ1) is 8.81. The summed E-state index contributed by atoms with van der Waals surface area (Å²) < 4.78 is 7.78. The van der Waals surface area contributed by atoms with Crippen LogP contribution in [0.5, 0.6) is 0 Å². The molecule has 0 bridgehead atoms. The first-order valence-corrected chi connectivity index (χ1v) is 6.39. The summed E-state index contributed by atoms with van der Waals surface area (Å²) in [7, 11) is 1.71. The van der Waals surface area contributed by atoms with E-state index in [4.69, 9.17) is 17.0 Å². The molecule has 18 heavy (non-hydrogen) atoms. The highest BCUT2D eigenvalue weighted by molar-refractivity contribution is 7.71. The zero-order valence-electron chi connectivity index (χ0n) is 10.4. The zero-order valence-corrected chi connectivity index (χ0v) is 11.2. The minimum Gasteiger partial charge on any atom is -0.385 e. The average molecular weight is 263 g/mol. The molecule has 5 heteroatoms. The van der Waals surface area contributed by atoms with Gasteiger partial charge < -0.3 is 9.30 Å². The smallest absolute Gasteiger partial charge is 0.195 e. The van der Waals surface area contributed by atoms with Crippen LogP contribution in [0.1, 0.15) is 17.8 Å². The molecule has 0 aliphatic heterocycles. The second-order valence-electron chi connectivity index (χ2n) is 4.11. The van der Waals surface area contributed by atoms with Crippen LogP contribution < -0.4 is 0 Å². The predicted molar refractivity (Wildman–Crippen MR) is 73.2 cm³/mol. The van der Waals surface area contributed by atoms with Gasteiger partial charge in [0.25, 0.3) is 0 Å². The van der Waals surface area contributed by atoms with Crippen molar-refractivity contribution in [3.05, 3.63) is 46.5 Å². The summed E-state index contributed by atoms with van der Waals surface area (Å²) in [4.78, 5) is 0. The fourth-order valence-corrected chi connectivity index (χ4v) is 2.10. The number of rotatable bonds is 6. The normalized spacial score (nSPS) is 10.7. The second kappa shape index (κ2) is 6.47. The van der Waals surface area contributed by atoms with Crippen LogP contribution in [0.3, 0.4) is 0 Å². The molecule has 2 aromatic rings. The molecule has 0 saturated carbocycles. The molecule has 0 radical (unpaired) electrons. The van der Waals surface area contributed by atoms with E-state index in [2.05, 4.69) is 22.3 Å². The summed E-state index contributed by atoms with van der Waals surface area (Å²) in [6.45, 7) is 1.57. The van der Waals surface area contributed by atoms with Crippen molar-refractivity contribution in [2.45, 2.75) is 19.4 Å². The van der Waals surface area contributed by atoms with Crippen LogP contribution >= 0.6 is 12.2 Å². The topological polar surface area (TPSA) is 42.8 Å². The van der Waals surface area contributed by atoms with Crippen LogP contribution in [-0.2, 0) is 17.7 Å². The van der Waals surface area contributed by atoms with Crippen molar-refractivity contribution in [2.75, 3.05) is 13.7 Å². The van der Waals surface area contributed by atoms with Gasteiger partial charge in [-0.2, -0.15) is 5.10 Å². The third kappa shape index (κ3) is 3.27. The SMILES string of the molecule is COCCCn1c(Cc2ccccc2)n[nH]c1=S. The Kier molecular flexibility index (Phi) is 4.66. The number of ether oxygens (including phenoxy) is 1. The Labute approximate surface area is 112 Å². The Morgan fingerprint density at radius 2 is 2.11 bits per heavy atom. The predicted octanol–water partition coefficient (Wildman–Crippen LogP) is 2.57. The number of hydrogen-bond acceptors (Lipinski definition) is 3. The first kappa shape index (κ1) is 13.0. The second-order valence-corrected chi connectivity index (χ2v) is 4.49. The van der Waals surface area contributed by atoms with E-state index in [9.17, 15) is 0 Å². The molecule has 1 aromatic carbocycles. The van der Waals surface area contributed by atoms with Crippen LogP contribution in [-0.4, -0.2) is 28.5 Å². The first-order valence-electron chi connectivity index (χ1n) is 5.98. The average Bonchev–Trinajstić information content (AvgIpc) is 2.73. The molecular weight excluding hydrogens is 246 g/mol. The number of aromatic amines is 1. The lowest BCUT2D eigenvalue weighted by Crippen LogP contribution is -2.07. The molecule has 0 amide bonds. The Bertz CT molecular complexity index is 533. The molecule has 0 unspecified atom stereocenters. The highest BCUT2D eigenvalue weighted by Gasteiger charge is 2.06. The van der Waals surface area contributed by atoms with Gasteiger partial charge in [0.2, 0.25) is 0 Å². The van der Waals surface area contributed by atoms with E-state index in [1.807, 2.05) is 22.8 Å². The molecule has 1 aromatic heterocycles. The van der Waals surface area contributed by atoms with Crippen LogP contribution in [0.2, 0.25) is 0 Å². The number of methoxy groups -OCH3 is 1. The van der Waals surface area contributed by atoms with E-state index >= 15 is 0 Å². The monoisotopic (exact) mass is 263 g/mol. The summed E-state index contributed by atoms with van der Waals surface area (Å²) in [5.74, 6) is 0.974. The molecule has 2 rings (SSSR count). The van der Waals surface area contributed by atoms with Gasteiger partial charge in [-0.3, -0.25) is 5.10 Å². The van der Waals surface area contributed by atoms with Gasteiger partial charge in [0, 0.05) is 26.7 Å². The summed E-state index contributed by atoms with van der Waals surface area (Å²) in [6, 6.07) is 10.3. The Balaban J connectivity index is 2.11. The molecule has 4 nitrogen and oxygen atoms in total. The minimum absolute atomic E-state index is 0.678. The number of benzene rings is 1. The van der Waals surface area contributed by atoms with Gasteiger partial charge in [-0.25, -0.2) is 0 Å². The Morgan fingerprint density at radius 3 is 2.83 bits per heavy atom. The van der Waals surface area contributed by atoms with Gasteiger partial charge in [0.1, 0.15) is 5.82 Å². The summed E-state index contributed by atoms with van der Waals surface area (Å²) >= 11 is 5.24. The molecule has 1 heterocycles. The lowest BCUT2D eigenvalue weighted by Gasteiger charge is -2.06. The summed E-state index contributed by atoms with van der Waals surface area (Å²) in [6.07, 6.45) is 1.73. The standard InChI is InChI=1S/C13H17N3OS/c1-17-9-5-8-16-12(14-15-13(16)18)10-11-6-3-2-4-7-11/h2-4,6-7H,5,8-10H2,1H3,(H,15,18). The molecular formula is C13H17N3OS. The van der Waals surface area contributed by atoms with Crippen molar-refractivity contribution in [1.29, 1.82) is 0 Å². The third-order valence-corrected chi connectivity index (χ3v) is 3.08. The Hall–Kier alpha value is -1.46. The molecule has 0 spiro atoms. The summed E-state index contributed by atoms with van der Waals surface area (Å²) in [5, 5.41) is 7.15. The van der Waals surface area contributed by atoms with Crippen molar-refractivity contribution in [1.82, 2.24) is 14.8 Å². The molecule has 96 valence electrons.